The van der Waals surface area contributed by atoms with Crippen molar-refractivity contribution in [2.75, 3.05) is 26.8 Å². The number of hydrogen-bond acceptors (Lipinski definition) is 5. The highest BCUT2D eigenvalue weighted by Crippen LogP contribution is 2.16. The Hall–Kier alpha value is -3.09. The third kappa shape index (κ3) is 7.35. The summed E-state index contributed by atoms with van der Waals surface area (Å²) in [4.78, 5) is 29.4. The van der Waals surface area contributed by atoms with Gasteiger partial charge in [0.25, 0.3) is 0 Å². The summed E-state index contributed by atoms with van der Waals surface area (Å²) >= 11 is 0. The van der Waals surface area contributed by atoms with Gasteiger partial charge in [-0.3, -0.25) is 14.6 Å². The summed E-state index contributed by atoms with van der Waals surface area (Å²) in [7, 11) is 1.61. The van der Waals surface area contributed by atoms with Crippen LogP contribution in [0.5, 0.6) is 11.5 Å². The molecule has 0 bridgehead atoms. The van der Waals surface area contributed by atoms with E-state index >= 15 is 0 Å². The number of rotatable bonds is 10. The molecule has 1 aromatic heterocycles. The standard InChI is InChI=1S/C20H25N3O4/c1-16(24)23(15-17-7-10-21-11-8-17)13-9-20(25)22-12-14-27-19-5-3-18(26-2)4-6-19/h3-8,10-11H,9,12-15H2,1-2H3,(H,22,25). The monoisotopic (exact) mass is 371 g/mol. The maximum Gasteiger partial charge on any atom is 0.221 e. The lowest BCUT2D eigenvalue weighted by molar-refractivity contribution is -0.130. The first-order valence-electron chi connectivity index (χ1n) is 8.76. The predicted molar refractivity (Wildman–Crippen MR) is 101 cm³/mol. The van der Waals surface area contributed by atoms with Crippen molar-refractivity contribution in [1.29, 1.82) is 0 Å². The fourth-order valence-corrected chi connectivity index (χ4v) is 2.41. The summed E-state index contributed by atoms with van der Waals surface area (Å²) in [5.41, 5.74) is 0.980. The Balaban J connectivity index is 1.67. The molecule has 7 heteroatoms. The average molecular weight is 371 g/mol. The molecule has 0 unspecified atom stereocenters. The van der Waals surface area contributed by atoms with Crippen molar-refractivity contribution in [2.24, 2.45) is 0 Å². The Kier molecular flexibility index (Phi) is 8.09. The number of hydrogen-bond donors (Lipinski definition) is 1. The topological polar surface area (TPSA) is 80.8 Å². The van der Waals surface area contributed by atoms with Crippen molar-refractivity contribution in [1.82, 2.24) is 15.2 Å². The first-order valence-corrected chi connectivity index (χ1v) is 8.76. The van der Waals surface area contributed by atoms with Gasteiger partial charge in [-0.15, -0.1) is 0 Å². The number of amides is 2. The van der Waals surface area contributed by atoms with Crippen molar-refractivity contribution < 1.29 is 19.1 Å². The van der Waals surface area contributed by atoms with Crippen LogP contribution in [-0.2, 0) is 16.1 Å². The average Bonchev–Trinajstić information content (AvgIpc) is 2.69. The fourth-order valence-electron chi connectivity index (χ4n) is 2.41. The molecule has 1 aromatic carbocycles. The van der Waals surface area contributed by atoms with E-state index in [0.717, 1.165) is 11.3 Å². The van der Waals surface area contributed by atoms with Crippen LogP contribution in [0.4, 0.5) is 0 Å². The van der Waals surface area contributed by atoms with Gasteiger partial charge in [-0.2, -0.15) is 0 Å². The number of methoxy groups -OCH3 is 1. The van der Waals surface area contributed by atoms with Gasteiger partial charge in [0.1, 0.15) is 18.1 Å². The molecule has 0 aliphatic carbocycles. The van der Waals surface area contributed by atoms with Crippen molar-refractivity contribution >= 4 is 11.8 Å². The molecule has 0 aliphatic rings. The number of nitrogens with one attached hydrogen (secondary N) is 1. The van der Waals surface area contributed by atoms with Crippen molar-refractivity contribution in [2.45, 2.75) is 19.9 Å². The van der Waals surface area contributed by atoms with Crippen LogP contribution < -0.4 is 14.8 Å². The lowest BCUT2D eigenvalue weighted by atomic mass is 10.2. The molecule has 144 valence electrons. The van der Waals surface area contributed by atoms with Crippen LogP contribution in [0.2, 0.25) is 0 Å². The molecule has 0 aliphatic heterocycles. The minimum Gasteiger partial charge on any atom is -0.497 e. The summed E-state index contributed by atoms with van der Waals surface area (Å²) < 4.78 is 10.6. The number of aromatic nitrogens is 1. The SMILES string of the molecule is COc1ccc(OCCNC(=O)CCN(Cc2ccncc2)C(C)=O)cc1. The molecule has 0 spiro atoms. The van der Waals surface area contributed by atoms with Gasteiger partial charge in [-0.1, -0.05) is 0 Å². The maximum atomic E-state index is 12.0. The van der Waals surface area contributed by atoms with Gasteiger partial charge in [0, 0.05) is 38.8 Å². The van der Waals surface area contributed by atoms with E-state index in [2.05, 4.69) is 10.3 Å². The van der Waals surface area contributed by atoms with Crippen LogP contribution in [0.1, 0.15) is 18.9 Å². The molecule has 1 heterocycles. The van der Waals surface area contributed by atoms with Crippen LogP contribution in [0.25, 0.3) is 0 Å². The zero-order chi connectivity index (χ0) is 19.5. The zero-order valence-electron chi connectivity index (χ0n) is 15.7. The van der Waals surface area contributed by atoms with Gasteiger partial charge in [0.2, 0.25) is 11.8 Å². The Labute approximate surface area is 159 Å². The number of nitrogens with zero attached hydrogens (tertiary/aromatic N) is 2. The Morgan fingerprint density at radius 2 is 1.74 bits per heavy atom. The first-order chi connectivity index (χ1) is 13.1. The normalized spacial score (nSPS) is 10.1. The fraction of sp³-hybridized carbons (Fsp3) is 0.350. The molecular weight excluding hydrogens is 346 g/mol. The summed E-state index contributed by atoms with van der Waals surface area (Å²) in [5, 5.41) is 2.80. The highest BCUT2D eigenvalue weighted by molar-refractivity contribution is 5.78. The van der Waals surface area contributed by atoms with E-state index < -0.39 is 0 Å². The lowest BCUT2D eigenvalue weighted by Gasteiger charge is -2.20. The van der Waals surface area contributed by atoms with Crippen LogP contribution in [-0.4, -0.2) is 48.5 Å². The number of ether oxygens (including phenoxy) is 2. The number of carbonyl (C=O) groups is 2. The second kappa shape index (κ2) is 10.8. The van der Waals surface area contributed by atoms with Crippen molar-refractivity contribution in [3.05, 3.63) is 54.4 Å². The van der Waals surface area contributed by atoms with Gasteiger partial charge >= 0.3 is 0 Å². The molecule has 0 fully saturated rings. The molecule has 7 nitrogen and oxygen atoms in total. The summed E-state index contributed by atoms with van der Waals surface area (Å²) in [6.07, 6.45) is 3.61. The summed E-state index contributed by atoms with van der Waals surface area (Å²) in [6.45, 7) is 3.09. The van der Waals surface area contributed by atoms with Gasteiger partial charge in [-0.05, 0) is 42.0 Å². The smallest absolute Gasteiger partial charge is 0.221 e. The lowest BCUT2D eigenvalue weighted by Crippen LogP contribution is -2.34. The third-order valence-electron chi connectivity index (χ3n) is 3.93. The quantitative estimate of drug-likeness (QED) is 0.647. The van der Waals surface area contributed by atoms with Crippen molar-refractivity contribution in [3.63, 3.8) is 0 Å². The largest absolute Gasteiger partial charge is 0.497 e. The molecule has 2 rings (SSSR count). The number of pyridine rings is 1. The zero-order valence-corrected chi connectivity index (χ0v) is 15.7. The van der Waals surface area contributed by atoms with E-state index in [9.17, 15) is 9.59 Å². The minimum absolute atomic E-state index is 0.0672. The molecule has 0 radical (unpaired) electrons. The van der Waals surface area contributed by atoms with Crippen LogP contribution in [0.15, 0.2) is 48.8 Å². The molecule has 1 N–H and O–H groups in total. The van der Waals surface area contributed by atoms with Crippen LogP contribution in [0.3, 0.4) is 0 Å². The molecule has 2 aromatic rings. The van der Waals surface area contributed by atoms with Gasteiger partial charge in [-0.25, -0.2) is 0 Å². The first kappa shape index (κ1) is 20.2. The molecule has 2 amide bonds. The molecular formula is C20H25N3O4. The Morgan fingerprint density at radius 1 is 1.07 bits per heavy atom. The van der Waals surface area contributed by atoms with E-state index in [-0.39, 0.29) is 18.2 Å². The maximum absolute atomic E-state index is 12.0. The van der Waals surface area contributed by atoms with Crippen molar-refractivity contribution in [3.8, 4) is 11.5 Å². The van der Waals surface area contributed by atoms with Crippen LogP contribution >= 0.6 is 0 Å². The third-order valence-corrected chi connectivity index (χ3v) is 3.93. The Bertz CT molecular complexity index is 720. The molecule has 0 saturated carbocycles. The Morgan fingerprint density at radius 3 is 2.37 bits per heavy atom. The number of benzene rings is 1. The van der Waals surface area contributed by atoms with E-state index in [4.69, 9.17) is 9.47 Å². The summed E-state index contributed by atoms with van der Waals surface area (Å²) in [6, 6.07) is 11.0. The molecule has 0 atom stereocenters. The highest BCUT2D eigenvalue weighted by Gasteiger charge is 2.11. The second-order valence-electron chi connectivity index (χ2n) is 5.92. The van der Waals surface area contributed by atoms with Gasteiger partial charge in [0.05, 0.1) is 13.7 Å². The van der Waals surface area contributed by atoms with E-state index in [0.29, 0.717) is 32.0 Å². The van der Waals surface area contributed by atoms with Gasteiger partial charge in [0.15, 0.2) is 0 Å². The van der Waals surface area contributed by atoms with Gasteiger partial charge < -0.3 is 19.7 Å². The van der Waals surface area contributed by atoms with E-state index in [1.807, 2.05) is 36.4 Å². The second-order valence-corrected chi connectivity index (χ2v) is 5.92. The molecule has 0 saturated heterocycles. The number of carbonyl (C=O) groups excluding carboxylic acids is 2. The van der Waals surface area contributed by atoms with Crippen LogP contribution in [0, 0.1) is 0 Å². The highest BCUT2D eigenvalue weighted by atomic mass is 16.5. The van der Waals surface area contributed by atoms with E-state index in [1.165, 1.54) is 6.92 Å². The molecule has 27 heavy (non-hydrogen) atoms. The summed E-state index contributed by atoms with van der Waals surface area (Å²) in [5.74, 6) is 1.29. The van der Waals surface area contributed by atoms with E-state index in [1.54, 1.807) is 24.4 Å². The minimum atomic E-state index is -0.116. The predicted octanol–water partition coefficient (Wildman–Crippen LogP) is 2.02.